The van der Waals surface area contributed by atoms with Gasteiger partial charge in [-0.2, -0.15) is 0 Å². The van der Waals surface area contributed by atoms with Gasteiger partial charge in [0.25, 0.3) is 5.91 Å². The van der Waals surface area contributed by atoms with Gasteiger partial charge in [0.05, 0.1) is 6.54 Å². The molecule has 3 heterocycles. The Bertz CT molecular complexity index is 1570. The lowest BCUT2D eigenvalue weighted by Gasteiger charge is -2.30. The summed E-state index contributed by atoms with van der Waals surface area (Å²) in [6, 6.07) is 5.91. The Labute approximate surface area is 298 Å². The number of amides is 6. The Hall–Kier alpha value is -4.42. The van der Waals surface area contributed by atoms with Crippen LogP contribution in [0.5, 0.6) is 0 Å². The summed E-state index contributed by atoms with van der Waals surface area (Å²) in [5.41, 5.74) is 0.904. The first kappa shape index (κ1) is 35.0. The van der Waals surface area contributed by atoms with Crippen LogP contribution in [0.2, 0.25) is 0 Å². The van der Waals surface area contributed by atoms with Gasteiger partial charge in [-0.15, -0.1) is 0 Å². The van der Waals surface area contributed by atoms with Gasteiger partial charge in [0, 0.05) is 31.3 Å². The Morgan fingerprint density at radius 3 is 2.43 bits per heavy atom. The lowest BCUT2D eigenvalue weighted by molar-refractivity contribution is -0.141. The van der Waals surface area contributed by atoms with E-state index in [1.54, 1.807) is 4.90 Å². The number of hydrogen-bond acceptors (Lipinski definition) is 8. The highest BCUT2D eigenvalue weighted by atomic mass is 16.6. The third-order valence-electron chi connectivity index (χ3n) is 11.4. The summed E-state index contributed by atoms with van der Waals surface area (Å²) < 4.78 is 11.6. The molecule has 4 fully saturated rings. The number of carbonyl (C=O) groups excluding carboxylic acids is 6. The number of benzene rings is 1. The summed E-state index contributed by atoms with van der Waals surface area (Å²) in [5.74, 6) is -2.41. The van der Waals surface area contributed by atoms with Crippen molar-refractivity contribution in [2.75, 3.05) is 13.1 Å². The predicted octanol–water partition coefficient (Wildman–Crippen LogP) is 3.64. The summed E-state index contributed by atoms with van der Waals surface area (Å²) in [6.07, 6.45) is 11.2. The average Bonchev–Trinajstić information content (AvgIpc) is 3.99. The highest BCUT2D eigenvalue weighted by Gasteiger charge is 2.61. The predicted molar refractivity (Wildman–Crippen MR) is 184 cm³/mol. The smallest absolute Gasteiger partial charge is 0.410 e. The van der Waals surface area contributed by atoms with Crippen LogP contribution < -0.4 is 16.0 Å². The molecule has 3 N–H and O–H groups in total. The first-order chi connectivity index (χ1) is 24.7. The van der Waals surface area contributed by atoms with Crippen molar-refractivity contribution in [3.05, 3.63) is 47.5 Å². The third kappa shape index (κ3) is 8.07. The molecule has 6 amide bonds. The molecule has 0 radical (unpaired) electrons. The fraction of sp³-hybridized carbons (Fsp3) is 0.632. The van der Waals surface area contributed by atoms with Crippen LogP contribution in [-0.2, 0) is 41.6 Å². The number of allylic oxidation sites excluding steroid dienone is 1. The zero-order chi connectivity index (χ0) is 35.5. The Morgan fingerprint density at radius 1 is 0.882 bits per heavy atom. The van der Waals surface area contributed by atoms with Crippen LogP contribution in [-0.4, -0.2) is 88.5 Å². The fourth-order valence-electron chi connectivity index (χ4n) is 8.04. The molecule has 0 aromatic heterocycles. The molecule has 3 aliphatic heterocycles. The molecule has 0 spiro atoms. The van der Waals surface area contributed by atoms with E-state index in [-0.39, 0.29) is 36.8 Å². The quantitative estimate of drug-likeness (QED) is 0.309. The number of rotatable bonds is 5. The molecule has 13 heteroatoms. The lowest BCUT2D eigenvalue weighted by atomic mass is 10.0. The summed E-state index contributed by atoms with van der Waals surface area (Å²) in [6.45, 7) is 0.831. The van der Waals surface area contributed by atoms with E-state index in [2.05, 4.69) is 16.0 Å². The van der Waals surface area contributed by atoms with Gasteiger partial charge in [0.15, 0.2) is 0 Å². The van der Waals surface area contributed by atoms with E-state index in [0.717, 1.165) is 63.4 Å². The number of nitrogens with one attached hydrogen (secondary N) is 3. The van der Waals surface area contributed by atoms with E-state index in [1.165, 1.54) is 10.5 Å². The van der Waals surface area contributed by atoms with Gasteiger partial charge in [-0.3, -0.25) is 24.5 Å². The van der Waals surface area contributed by atoms with Gasteiger partial charge >= 0.3 is 12.2 Å². The van der Waals surface area contributed by atoms with Crippen molar-refractivity contribution in [1.29, 1.82) is 0 Å². The van der Waals surface area contributed by atoms with Crippen LogP contribution in [0.3, 0.4) is 0 Å². The number of nitrogens with zero attached hydrogens (tertiary/aromatic N) is 2. The van der Waals surface area contributed by atoms with Crippen molar-refractivity contribution >= 4 is 35.8 Å². The van der Waals surface area contributed by atoms with Gasteiger partial charge in [-0.1, -0.05) is 49.3 Å². The van der Waals surface area contributed by atoms with Gasteiger partial charge in [-0.05, 0) is 81.8 Å². The maximum absolute atomic E-state index is 14.4. The summed E-state index contributed by atoms with van der Waals surface area (Å²) in [4.78, 5) is 84.3. The van der Waals surface area contributed by atoms with E-state index < -0.39 is 53.6 Å². The average molecular weight is 704 g/mol. The molecule has 13 nitrogen and oxygen atoms in total. The molecule has 3 saturated carbocycles. The highest BCUT2D eigenvalue weighted by molar-refractivity contribution is 6.06. The minimum Gasteiger partial charge on any atom is -0.446 e. The molecule has 1 saturated heterocycles. The first-order valence-electron chi connectivity index (χ1n) is 18.8. The maximum atomic E-state index is 14.4. The Kier molecular flexibility index (Phi) is 10.3. The SMILES string of the molecule is O=C(N[C@H]1CCCCC/C=C\[C@@H]2C[C@@]2(C(=O)NC(=O)C2CC2)NC(=O)[C@@H]2C[C@@H](OC(=O)N3CCc4ccccc4C3)CN2C1=O)OC1CCCC1. The Balaban J connectivity index is 1.11. The minimum absolute atomic E-state index is 0.0200. The number of ether oxygens (including phenoxy) is 2. The lowest BCUT2D eigenvalue weighted by Crippen LogP contribution is -2.58. The first-order valence-corrected chi connectivity index (χ1v) is 18.8. The topological polar surface area (TPSA) is 163 Å². The largest absolute Gasteiger partial charge is 0.446 e. The molecule has 274 valence electrons. The zero-order valence-corrected chi connectivity index (χ0v) is 29.1. The Morgan fingerprint density at radius 2 is 1.65 bits per heavy atom. The van der Waals surface area contributed by atoms with Crippen LogP contribution >= 0.6 is 0 Å². The van der Waals surface area contributed by atoms with Gasteiger partial charge in [0.2, 0.25) is 17.7 Å². The highest BCUT2D eigenvalue weighted by Crippen LogP contribution is 2.46. The van der Waals surface area contributed by atoms with Crippen LogP contribution in [0.25, 0.3) is 0 Å². The minimum atomic E-state index is -1.33. The van der Waals surface area contributed by atoms with Gasteiger partial charge in [-0.25, -0.2) is 9.59 Å². The number of imide groups is 1. The van der Waals surface area contributed by atoms with Crippen molar-refractivity contribution in [3.8, 4) is 0 Å². The van der Waals surface area contributed by atoms with Gasteiger partial charge in [0.1, 0.15) is 29.8 Å². The molecule has 1 aromatic rings. The van der Waals surface area contributed by atoms with Crippen molar-refractivity contribution in [3.63, 3.8) is 0 Å². The van der Waals surface area contributed by atoms with E-state index in [1.807, 2.05) is 36.4 Å². The molecule has 0 bridgehead atoms. The van der Waals surface area contributed by atoms with E-state index in [0.29, 0.717) is 38.8 Å². The molecular formula is C38H49N5O8. The molecule has 7 rings (SSSR count). The monoisotopic (exact) mass is 703 g/mol. The number of fused-ring (bicyclic) bond motifs is 3. The van der Waals surface area contributed by atoms with Crippen LogP contribution in [0.4, 0.5) is 9.59 Å². The summed E-state index contributed by atoms with van der Waals surface area (Å²) in [7, 11) is 0. The molecule has 6 aliphatic rings. The molecule has 3 aliphatic carbocycles. The van der Waals surface area contributed by atoms with Crippen LogP contribution in [0, 0.1) is 11.8 Å². The number of alkyl carbamates (subject to hydrolysis) is 1. The summed E-state index contributed by atoms with van der Waals surface area (Å²) in [5, 5.41) is 8.25. The van der Waals surface area contributed by atoms with Crippen LogP contribution in [0.15, 0.2) is 36.4 Å². The van der Waals surface area contributed by atoms with Crippen molar-refractivity contribution in [2.24, 2.45) is 11.8 Å². The molecule has 5 atom stereocenters. The van der Waals surface area contributed by atoms with Crippen LogP contribution in [0.1, 0.15) is 94.6 Å². The third-order valence-corrected chi connectivity index (χ3v) is 11.4. The fourth-order valence-corrected chi connectivity index (χ4v) is 8.04. The second kappa shape index (κ2) is 15.1. The summed E-state index contributed by atoms with van der Waals surface area (Å²) >= 11 is 0. The molecule has 1 aromatic carbocycles. The second-order valence-corrected chi connectivity index (χ2v) is 15.1. The van der Waals surface area contributed by atoms with E-state index >= 15 is 0 Å². The van der Waals surface area contributed by atoms with Crippen molar-refractivity contribution < 1.29 is 38.2 Å². The number of carbonyl (C=O) groups is 6. The standard InChI is InChI=1S/C38H49N5O8/c44-32(25-16-17-25)40-35(47)38-21-27(38)12-4-2-1-3-5-15-30(39-36(48)50-28-13-8-9-14-28)34(46)43-23-29(20-31(43)33(45)41-38)51-37(49)42-19-18-24-10-6-7-11-26(24)22-42/h4,6-7,10-12,25,27-31H,1-3,5,8-9,13-23H2,(H,39,48)(H,41,45)(H,40,44,47)/b12-4-/t27-,29-,30+,31+,38-/m1/s1. The van der Waals surface area contributed by atoms with E-state index in [4.69, 9.17) is 9.47 Å². The second-order valence-electron chi connectivity index (χ2n) is 15.1. The molecule has 0 unspecified atom stereocenters. The number of hydrogen-bond donors (Lipinski definition) is 3. The van der Waals surface area contributed by atoms with Crippen molar-refractivity contribution in [1.82, 2.24) is 25.8 Å². The van der Waals surface area contributed by atoms with E-state index in [9.17, 15) is 28.8 Å². The molecular weight excluding hydrogens is 654 g/mol. The van der Waals surface area contributed by atoms with Gasteiger partial charge < -0.3 is 29.9 Å². The normalized spacial score (nSPS) is 30.4. The zero-order valence-electron chi connectivity index (χ0n) is 29.1. The molecule has 51 heavy (non-hydrogen) atoms. The maximum Gasteiger partial charge on any atom is 0.410 e. The van der Waals surface area contributed by atoms with Crippen molar-refractivity contribution in [2.45, 2.75) is 126 Å².